The zero-order chi connectivity index (χ0) is 12.5. The first-order valence-corrected chi connectivity index (χ1v) is 5.99. The van der Waals surface area contributed by atoms with Gasteiger partial charge in [0.2, 0.25) is 0 Å². The molecule has 0 aromatic heterocycles. The SMILES string of the molecule is OCCCCCNCCc1cc(F)cc(F)c1. The number of nitrogens with one attached hydrogen (secondary N) is 1. The molecule has 0 saturated heterocycles. The van der Waals surface area contributed by atoms with E-state index < -0.39 is 11.6 Å². The molecule has 0 fully saturated rings. The van der Waals surface area contributed by atoms with Crippen molar-refractivity contribution in [1.29, 1.82) is 0 Å². The van der Waals surface area contributed by atoms with Gasteiger partial charge in [-0.2, -0.15) is 0 Å². The van der Waals surface area contributed by atoms with Crippen LogP contribution in [-0.2, 0) is 6.42 Å². The number of halogens is 2. The molecular weight excluding hydrogens is 224 g/mol. The van der Waals surface area contributed by atoms with Crippen LogP contribution in [0.5, 0.6) is 0 Å². The molecule has 96 valence electrons. The van der Waals surface area contributed by atoms with Gasteiger partial charge < -0.3 is 10.4 Å². The molecular formula is C13H19F2NO. The first-order valence-electron chi connectivity index (χ1n) is 5.99. The fraction of sp³-hybridized carbons (Fsp3) is 0.538. The molecule has 0 spiro atoms. The summed E-state index contributed by atoms with van der Waals surface area (Å²) in [4.78, 5) is 0. The molecule has 0 aliphatic heterocycles. The highest BCUT2D eigenvalue weighted by Crippen LogP contribution is 2.08. The fourth-order valence-corrected chi connectivity index (χ4v) is 1.65. The number of aliphatic hydroxyl groups is 1. The van der Waals surface area contributed by atoms with Crippen LogP contribution < -0.4 is 5.32 Å². The average molecular weight is 243 g/mol. The van der Waals surface area contributed by atoms with Crippen LogP contribution in [0.4, 0.5) is 8.78 Å². The minimum atomic E-state index is -0.525. The Morgan fingerprint density at radius 2 is 1.65 bits per heavy atom. The largest absolute Gasteiger partial charge is 0.396 e. The van der Waals surface area contributed by atoms with Gasteiger partial charge in [0.15, 0.2) is 0 Å². The van der Waals surface area contributed by atoms with Crippen LogP contribution >= 0.6 is 0 Å². The number of benzene rings is 1. The lowest BCUT2D eigenvalue weighted by atomic mass is 10.1. The summed E-state index contributed by atoms with van der Waals surface area (Å²) in [5.41, 5.74) is 0.672. The Balaban J connectivity index is 2.13. The second-order valence-electron chi connectivity index (χ2n) is 4.06. The van der Waals surface area contributed by atoms with E-state index in [1.165, 1.54) is 12.1 Å². The molecule has 0 aliphatic rings. The van der Waals surface area contributed by atoms with Gasteiger partial charge in [0.1, 0.15) is 11.6 Å². The van der Waals surface area contributed by atoms with Gasteiger partial charge >= 0.3 is 0 Å². The van der Waals surface area contributed by atoms with Crippen molar-refractivity contribution >= 4 is 0 Å². The third kappa shape index (κ3) is 6.34. The minimum absolute atomic E-state index is 0.239. The van der Waals surface area contributed by atoms with Gasteiger partial charge in [-0.15, -0.1) is 0 Å². The molecule has 2 nitrogen and oxygen atoms in total. The van der Waals surface area contributed by atoms with E-state index in [9.17, 15) is 8.78 Å². The molecule has 0 unspecified atom stereocenters. The van der Waals surface area contributed by atoms with Crippen molar-refractivity contribution in [3.8, 4) is 0 Å². The van der Waals surface area contributed by atoms with E-state index in [0.29, 0.717) is 18.5 Å². The van der Waals surface area contributed by atoms with Crippen LogP contribution in [0, 0.1) is 11.6 Å². The monoisotopic (exact) mass is 243 g/mol. The summed E-state index contributed by atoms with van der Waals surface area (Å²) in [6.45, 7) is 1.82. The standard InChI is InChI=1S/C13H19F2NO/c14-12-8-11(9-13(15)10-12)4-6-16-5-2-1-3-7-17/h8-10,16-17H,1-7H2. The van der Waals surface area contributed by atoms with Gasteiger partial charge in [0.05, 0.1) is 0 Å². The maximum atomic E-state index is 12.9. The second kappa shape index (κ2) is 8.14. The van der Waals surface area contributed by atoms with Crippen molar-refractivity contribution < 1.29 is 13.9 Å². The predicted octanol–water partition coefficient (Wildman–Crippen LogP) is 2.26. The summed E-state index contributed by atoms with van der Waals surface area (Å²) in [6.07, 6.45) is 3.46. The minimum Gasteiger partial charge on any atom is -0.396 e. The Morgan fingerprint density at radius 1 is 0.941 bits per heavy atom. The fourth-order valence-electron chi connectivity index (χ4n) is 1.65. The summed E-state index contributed by atoms with van der Waals surface area (Å²) in [6, 6.07) is 3.60. The first-order chi connectivity index (χ1) is 8.22. The summed E-state index contributed by atoms with van der Waals surface area (Å²) in [5.74, 6) is -1.05. The molecule has 0 bridgehead atoms. The van der Waals surface area contributed by atoms with Crippen molar-refractivity contribution in [3.05, 3.63) is 35.4 Å². The molecule has 4 heteroatoms. The summed E-state index contributed by atoms with van der Waals surface area (Å²) in [5, 5.41) is 11.8. The Hall–Kier alpha value is -1.00. The molecule has 17 heavy (non-hydrogen) atoms. The maximum absolute atomic E-state index is 12.9. The molecule has 1 aromatic carbocycles. The highest BCUT2D eigenvalue weighted by Gasteiger charge is 2.00. The highest BCUT2D eigenvalue weighted by molar-refractivity contribution is 5.18. The van der Waals surface area contributed by atoms with Crippen LogP contribution in [0.2, 0.25) is 0 Å². The molecule has 1 aromatic rings. The average Bonchev–Trinajstić information content (AvgIpc) is 2.26. The number of aliphatic hydroxyl groups excluding tert-OH is 1. The topological polar surface area (TPSA) is 32.3 Å². The molecule has 1 rings (SSSR count). The zero-order valence-electron chi connectivity index (χ0n) is 9.88. The first kappa shape index (κ1) is 14.1. The lowest BCUT2D eigenvalue weighted by Gasteiger charge is -2.05. The van der Waals surface area contributed by atoms with Crippen LogP contribution in [0.1, 0.15) is 24.8 Å². The highest BCUT2D eigenvalue weighted by atomic mass is 19.1. The normalized spacial score (nSPS) is 10.8. The smallest absolute Gasteiger partial charge is 0.126 e. The lowest BCUT2D eigenvalue weighted by molar-refractivity contribution is 0.283. The predicted molar refractivity (Wildman–Crippen MR) is 63.9 cm³/mol. The second-order valence-corrected chi connectivity index (χ2v) is 4.06. The quantitative estimate of drug-likeness (QED) is 0.686. The van der Waals surface area contributed by atoms with Crippen molar-refractivity contribution in [2.24, 2.45) is 0 Å². The molecule has 0 atom stereocenters. The number of rotatable bonds is 8. The Labute approximate surface area is 101 Å². The van der Waals surface area contributed by atoms with Crippen LogP contribution in [-0.4, -0.2) is 24.8 Å². The molecule has 2 N–H and O–H groups in total. The molecule has 0 aliphatic carbocycles. The van der Waals surface area contributed by atoms with Crippen LogP contribution in [0.3, 0.4) is 0 Å². The number of hydrogen-bond donors (Lipinski definition) is 2. The lowest BCUT2D eigenvalue weighted by Crippen LogP contribution is -2.18. The van der Waals surface area contributed by atoms with E-state index in [2.05, 4.69) is 5.32 Å². The van der Waals surface area contributed by atoms with Gasteiger partial charge in [-0.25, -0.2) is 8.78 Å². The van der Waals surface area contributed by atoms with Crippen LogP contribution in [0.25, 0.3) is 0 Å². The van der Waals surface area contributed by atoms with Crippen molar-refractivity contribution in [2.45, 2.75) is 25.7 Å². The molecule has 0 heterocycles. The molecule has 0 amide bonds. The van der Waals surface area contributed by atoms with Crippen LogP contribution in [0.15, 0.2) is 18.2 Å². The molecule has 0 radical (unpaired) electrons. The van der Waals surface area contributed by atoms with Gasteiger partial charge in [-0.05, 0) is 56.5 Å². The Morgan fingerprint density at radius 3 is 2.29 bits per heavy atom. The summed E-state index contributed by atoms with van der Waals surface area (Å²) < 4.78 is 25.7. The van der Waals surface area contributed by atoms with Crippen molar-refractivity contribution in [3.63, 3.8) is 0 Å². The zero-order valence-corrected chi connectivity index (χ0v) is 9.88. The van der Waals surface area contributed by atoms with Crippen molar-refractivity contribution in [2.75, 3.05) is 19.7 Å². The summed E-state index contributed by atoms with van der Waals surface area (Å²) >= 11 is 0. The van der Waals surface area contributed by atoms with E-state index in [1.807, 2.05) is 0 Å². The molecule has 0 saturated carbocycles. The Bertz CT molecular complexity index is 311. The van der Waals surface area contributed by atoms with E-state index in [1.54, 1.807) is 0 Å². The van der Waals surface area contributed by atoms with Gasteiger partial charge in [-0.1, -0.05) is 0 Å². The maximum Gasteiger partial charge on any atom is 0.126 e. The van der Waals surface area contributed by atoms with E-state index in [4.69, 9.17) is 5.11 Å². The third-order valence-electron chi connectivity index (χ3n) is 2.52. The van der Waals surface area contributed by atoms with E-state index in [-0.39, 0.29) is 6.61 Å². The van der Waals surface area contributed by atoms with Gasteiger partial charge in [0.25, 0.3) is 0 Å². The number of hydrogen-bond acceptors (Lipinski definition) is 2. The van der Waals surface area contributed by atoms with Gasteiger partial charge in [0, 0.05) is 12.7 Å². The number of unbranched alkanes of at least 4 members (excludes halogenated alkanes) is 2. The van der Waals surface area contributed by atoms with Crippen molar-refractivity contribution in [1.82, 2.24) is 5.32 Å². The van der Waals surface area contributed by atoms with E-state index in [0.717, 1.165) is 31.9 Å². The summed E-state index contributed by atoms with van der Waals surface area (Å²) in [7, 11) is 0. The van der Waals surface area contributed by atoms with E-state index >= 15 is 0 Å². The van der Waals surface area contributed by atoms with Gasteiger partial charge in [-0.3, -0.25) is 0 Å². The third-order valence-corrected chi connectivity index (χ3v) is 2.52. The Kier molecular flexibility index (Phi) is 6.74.